The third-order valence-corrected chi connectivity index (χ3v) is 9.49. The minimum absolute atomic E-state index is 0.0251. The standard InChI is InChI=1S/C31H38N4O5/c1-3-38-28(37)25-19-39-26(33-25)23-10-7-11-24(18-23)35(27(36)22-8-5-4-6-9-22)20-30-12-15-31(16-13-30,17-14-30)29-32-21(2)34-40-29/h7,10-11,18-19,22H,3-6,8-9,12-17,20H2,1-2H3. The Morgan fingerprint density at radius 1 is 1.05 bits per heavy atom. The molecule has 0 aliphatic heterocycles. The molecule has 1 aromatic carbocycles. The van der Waals surface area contributed by atoms with Crippen LogP contribution in [0.25, 0.3) is 11.5 Å². The number of aromatic nitrogens is 3. The lowest BCUT2D eigenvalue weighted by Gasteiger charge is -2.53. The summed E-state index contributed by atoms with van der Waals surface area (Å²) in [7, 11) is 0. The first-order chi connectivity index (χ1) is 19.4. The van der Waals surface area contributed by atoms with Gasteiger partial charge in [0.05, 0.1) is 6.61 Å². The Morgan fingerprint density at radius 3 is 2.48 bits per heavy atom. The number of hydrogen-bond donors (Lipinski definition) is 0. The van der Waals surface area contributed by atoms with Crippen LogP contribution in [0.5, 0.6) is 0 Å². The molecule has 4 aliphatic carbocycles. The van der Waals surface area contributed by atoms with Crippen LogP contribution in [0.2, 0.25) is 0 Å². The number of fused-ring (bicyclic) bond motifs is 3. The third-order valence-electron chi connectivity index (χ3n) is 9.49. The summed E-state index contributed by atoms with van der Waals surface area (Å²) in [6.07, 6.45) is 12.8. The second kappa shape index (κ2) is 10.8. The second-order valence-corrected chi connectivity index (χ2v) is 12.0. The maximum Gasteiger partial charge on any atom is 0.360 e. The fourth-order valence-corrected chi connectivity index (χ4v) is 7.05. The summed E-state index contributed by atoms with van der Waals surface area (Å²) >= 11 is 0. The van der Waals surface area contributed by atoms with Gasteiger partial charge in [-0.15, -0.1) is 0 Å². The van der Waals surface area contributed by atoms with Crippen LogP contribution in [0.15, 0.2) is 39.5 Å². The van der Waals surface area contributed by atoms with Gasteiger partial charge in [-0.05, 0) is 88.8 Å². The molecule has 1 amide bonds. The summed E-state index contributed by atoms with van der Waals surface area (Å²) in [6.45, 7) is 4.60. The number of nitrogens with zero attached hydrogens (tertiary/aromatic N) is 4. The van der Waals surface area contributed by atoms with Gasteiger partial charge in [0.2, 0.25) is 17.7 Å². The van der Waals surface area contributed by atoms with E-state index in [9.17, 15) is 9.59 Å². The van der Waals surface area contributed by atoms with Crippen molar-refractivity contribution in [2.45, 2.75) is 89.9 Å². The molecule has 3 aromatic rings. The summed E-state index contributed by atoms with van der Waals surface area (Å²) in [4.78, 5) is 37.3. The summed E-state index contributed by atoms with van der Waals surface area (Å²) in [5, 5.41) is 4.06. The largest absolute Gasteiger partial charge is 0.461 e. The zero-order chi connectivity index (χ0) is 27.7. The van der Waals surface area contributed by atoms with Gasteiger partial charge >= 0.3 is 5.97 Å². The number of rotatable bonds is 8. The number of carbonyl (C=O) groups is 2. The molecule has 2 heterocycles. The van der Waals surface area contributed by atoms with E-state index in [-0.39, 0.29) is 35.0 Å². The smallest absolute Gasteiger partial charge is 0.360 e. The molecule has 0 N–H and O–H groups in total. The molecule has 212 valence electrons. The number of anilines is 1. The molecule has 0 unspecified atom stereocenters. The van der Waals surface area contributed by atoms with Gasteiger partial charge in [0.15, 0.2) is 11.5 Å². The maximum absolute atomic E-state index is 14.1. The number of aryl methyl sites for hydroxylation is 1. The van der Waals surface area contributed by atoms with E-state index < -0.39 is 5.97 Å². The molecule has 4 aliphatic rings. The van der Waals surface area contributed by atoms with Crippen molar-refractivity contribution in [2.75, 3.05) is 18.1 Å². The lowest BCUT2D eigenvalue weighted by Crippen LogP contribution is -2.51. The highest BCUT2D eigenvalue weighted by Crippen LogP contribution is 2.58. The zero-order valence-corrected chi connectivity index (χ0v) is 23.5. The quantitative estimate of drug-likeness (QED) is 0.298. The Labute approximate surface area is 234 Å². The molecule has 0 atom stereocenters. The minimum atomic E-state index is -0.511. The summed E-state index contributed by atoms with van der Waals surface area (Å²) in [5.41, 5.74) is 1.76. The van der Waals surface area contributed by atoms with Crippen LogP contribution in [0.3, 0.4) is 0 Å². The Bertz CT molecular complexity index is 1350. The van der Waals surface area contributed by atoms with Crippen molar-refractivity contribution < 1.29 is 23.3 Å². The van der Waals surface area contributed by atoms with Gasteiger partial charge in [0.25, 0.3) is 0 Å². The van der Waals surface area contributed by atoms with Crippen LogP contribution in [0, 0.1) is 18.3 Å². The highest BCUT2D eigenvalue weighted by molar-refractivity contribution is 5.96. The van der Waals surface area contributed by atoms with E-state index in [2.05, 4.69) is 15.1 Å². The van der Waals surface area contributed by atoms with Gasteiger partial charge in [0, 0.05) is 29.1 Å². The van der Waals surface area contributed by atoms with Crippen molar-refractivity contribution >= 4 is 17.6 Å². The molecule has 2 aromatic heterocycles. The number of ether oxygens (including phenoxy) is 1. The second-order valence-electron chi connectivity index (χ2n) is 12.0. The molecule has 0 spiro atoms. The first-order valence-electron chi connectivity index (χ1n) is 14.8. The van der Waals surface area contributed by atoms with E-state index in [4.69, 9.17) is 13.7 Å². The lowest BCUT2D eigenvalue weighted by molar-refractivity contribution is -0.124. The summed E-state index contributed by atoms with van der Waals surface area (Å²) in [6, 6.07) is 7.80. The Kier molecular flexibility index (Phi) is 7.23. The van der Waals surface area contributed by atoms with Crippen molar-refractivity contribution in [1.82, 2.24) is 15.1 Å². The highest BCUT2D eigenvalue weighted by Gasteiger charge is 2.53. The monoisotopic (exact) mass is 546 g/mol. The maximum atomic E-state index is 14.1. The molecule has 4 saturated carbocycles. The van der Waals surface area contributed by atoms with Crippen LogP contribution < -0.4 is 4.90 Å². The van der Waals surface area contributed by atoms with Crippen molar-refractivity contribution in [2.24, 2.45) is 11.3 Å². The molecule has 0 saturated heterocycles. The van der Waals surface area contributed by atoms with Crippen LogP contribution in [-0.4, -0.2) is 40.2 Å². The van der Waals surface area contributed by atoms with E-state index >= 15 is 0 Å². The van der Waals surface area contributed by atoms with Crippen molar-refractivity contribution in [3.05, 3.63) is 47.9 Å². The lowest BCUT2D eigenvalue weighted by atomic mass is 9.53. The van der Waals surface area contributed by atoms with Crippen LogP contribution in [0.4, 0.5) is 5.69 Å². The van der Waals surface area contributed by atoms with Gasteiger partial charge in [0.1, 0.15) is 6.26 Å². The van der Waals surface area contributed by atoms with Gasteiger partial charge in [-0.2, -0.15) is 4.98 Å². The normalized spacial score (nSPS) is 24.6. The fourth-order valence-electron chi connectivity index (χ4n) is 7.05. The molecule has 4 fully saturated rings. The number of esters is 1. The minimum Gasteiger partial charge on any atom is -0.461 e. The van der Waals surface area contributed by atoms with Gasteiger partial charge in [-0.1, -0.05) is 30.5 Å². The first-order valence-corrected chi connectivity index (χ1v) is 14.8. The van der Waals surface area contributed by atoms with Gasteiger partial charge in [-0.3, -0.25) is 4.79 Å². The van der Waals surface area contributed by atoms with Crippen LogP contribution >= 0.6 is 0 Å². The molecule has 2 bridgehead atoms. The molecular weight excluding hydrogens is 508 g/mol. The Morgan fingerprint density at radius 2 is 1.80 bits per heavy atom. The van der Waals surface area contributed by atoms with Crippen LogP contribution in [0.1, 0.15) is 99.8 Å². The van der Waals surface area contributed by atoms with Crippen molar-refractivity contribution in [3.63, 3.8) is 0 Å². The summed E-state index contributed by atoms with van der Waals surface area (Å²) < 4.78 is 16.3. The van der Waals surface area contributed by atoms with Crippen molar-refractivity contribution in [1.29, 1.82) is 0 Å². The van der Waals surface area contributed by atoms with Crippen molar-refractivity contribution in [3.8, 4) is 11.5 Å². The molecule has 0 radical (unpaired) electrons. The highest BCUT2D eigenvalue weighted by atomic mass is 16.5. The van der Waals surface area contributed by atoms with E-state index in [0.29, 0.717) is 18.3 Å². The fraction of sp³-hybridized carbons (Fsp3) is 0.581. The Hall–Kier alpha value is -3.49. The number of amides is 1. The van der Waals surface area contributed by atoms with Gasteiger partial charge in [-0.25, -0.2) is 9.78 Å². The molecular formula is C31H38N4O5. The number of hydrogen-bond acceptors (Lipinski definition) is 8. The predicted octanol–water partition coefficient (Wildman–Crippen LogP) is 6.42. The average Bonchev–Trinajstić information content (AvgIpc) is 3.68. The zero-order valence-electron chi connectivity index (χ0n) is 23.5. The first kappa shape index (κ1) is 26.7. The molecule has 9 heteroatoms. The molecule has 40 heavy (non-hydrogen) atoms. The summed E-state index contributed by atoms with van der Waals surface area (Å²) in [5.74, 6) is 1.58. The van der Waals surface area contributed by atoms with E-state index in [1.54, 1.807) is 6.92 Å². The third kappa shape index (κ3) is 5.06. The number of benzene rings is 1. The molecule has 9 nitrogen and oxygen atoms in total. The Balaban J connectivity index is 1.27. The van der Waals surface area contributed by atoms with E-state index in [1.165, 1.54) is 12.7 Å². The topological polar surface area (TPSA) is 112 Å². The SMILES string of the molecule is CCOC(=O)c1coc(-c2cccc(N(CC34CCC(c5nc(C)no5)(CC3)CC4)C(=O)C3CCCCC3)c2)n1. The predicted molar refractivity (Wildman–Crippen MR) is 148 cm³/mol. The number of oxazole rings is 1. The van der Waals surface area contributed by atoms with E-state index in [1.807, 2.05) is 36.1 Å². The van der Waals surface area contributed by atoms with E-state index in [0.717, 1.165) is 81.3 Å². The van der Waals surface area contributed by atoms with Crippen LogP contribution in [-0.2, 0) is 14.9 Å². The molecule has 7 rings (SSSR count). The average molecular weight is 547 g/mol. The van der Waals surface area contributed by atoms with Gasteiger partial charge < -0.3 is 18.6 Å². The number of carbonyl (C=O) groups excluding carboxylic acids is 2.